The summed E-state index contributed by atoms with van der Waals surface area (Å²) >= 11 is 0. The molecule has 1 aliphatic carbocycles. The van der Waals surface area contributed by atoms with Gasteiger partial charge in [-0.3, -0.25) is 19.9 Å². The number of ketones is 1. The van der Waals surface area contributed by atoms with Gasteiger partial charge in [0.2, 0.25) is 0 Å². The smallest absolute Gasteiger partial charge is 0.336 e. The number of rotatable bonds is 4. The molecule has 1 heterocycles. The van der Waals surface area contributed by atoms with Gasteiger partial charge in [-0.25, -0.2) is 4.79 Å². The molecule has 28 heavy (non-hydrogen) atoms. The van der Waals surface area contributed by atoms with Gasteiger partial charge >= 0.3 is 5.97 Å². The normalized spacial score (nSPS) is 23.7. The number of hydrogen-bond acceptors (Lipinski definition) is 6. The van der Waals surface area contributed by atoms with Crippen LogP contribution >= 0.6 is 0 Å². The Bertz CT molecular complexity index is 913. The monoisotopic (exact) mass is 384 g/mol. The van der Waals surface area contributed by atoms with Crippen molar-refractivity contribution >= 4 is 23.2 Å². The second-order valence-electron chi connectivity index (χ2n) is 8.08. The summed E-state index contributed by atoms with van der Waals surface area (Å²) < 4.78 is 5.21. The van der Waals surface area contributed by atoms with Gasteiger partial charge in [0.15, 0.2) is 0 Å². The summed E-state index contributed by atoms with van der Waals surface area (Å²) in [5, 5.41) is 11.7. The standard InChI is InChI=1S/C21H24N2O5/c1-5-28-20(25)17-12(2)22-14-10-21(3,4)11-16(24)19(14)18(17)13-8-6-7-9-15(13)23(26)27/h6-9,18-19H,5,10-11H2,1-4H3/t18-,19-/m0/s1. The molecule has 1 aromatic rings. The summed E-state index contributed by atoms with van der Waals surface area (Å²) in [7, 11) is 0. The van der Waals surface area contributed by atoms with Crippen LogP contribution in [0.2, 0.25) is 0 Å². The number of fused-ring (bicyclic) bond motifs is 1. The number of nitrogens with zero attached hydrogens (tertiary/aromatic N) is 2. The van der Waals surface area contributed by atoms with Crippen molar-refractivity contribution in [2.75, 3.05) is 6.61 Å². The van der Waals surface area contributed by atoms with Crippen LogP contribution in [0.1, 0.15) is 52.0 Å². The lowest BCUT2D eigenvalue weighted by Gasteiger charge is -2.40. The first-order chi connectivity index (χ1) is 13.2. The van der Waals surface area contributed by atoms with Gasteiger partial charge in [-0.1, -0.05) is 32.0 Å². The number of ether oxygens (including phenoxy) is 1. The van der Waals surface area contributed by atoms with Gasteiger partial charge in [-0.05, 0) is 25.7 Å². The van der Waals surface area contributed by atoms with Crippen molar-refractivity contribution in [2.24, 2.45) is 16.3 Å². The number of hydrogen-bond donors (Lipinski definition) is 0. The Morgan fingerprint density at radius 2 is 1.96 bits per heavy atom. The van der Waals surface area contributed by atoms with E-state index in [4.69, 9.17) is 4.74 Å². The number of carbonyl (C=O) groups excluding carboxylic acids is 2. The van der Waals surface area contributed by atoms with Gasteiger partial charge < -0.3 is 4.74 Å². The highest BCUT2D eigenvalue weighted by molar-refractivity contribution is 6.12. The Labute approximate surface area is 163 Å². The number of esters is 1. The minimum Gasteiger partial charge on any atom is -0.463 e. The lowest BCUT2D eigenvalue weighted by atomic mass is 9.63. The fourth-order valence-corrected chi connectivity index (χ4v) is 4.32. The van der Waals surface area contributed by atoms with Gasteiger partial charge in [0, 0.05) is 35.4 Å². The van der Waals surface area contributed by atoms with Crippen molar-refractivity contribution in [3.05, 3.63) is 51.2 Å². The number of allylic oxidation sites excluding steroid dienone is 1. The zero-order chi connectivity index (χ0) is 20.6. The molecule has 0 bridgehead atoms. The van der Waals surface area contributed by atoms with E-state index in [0.717, 1.165) is 0 Å². The average Bonchev–Trinajstić information content (AvgIpc) is 2.59. The van der Waals surface area contributed by atoms with E-state index in [1.807, 2.05) is 13.8 Å². The molecule has 7 heteroatoms. The highest BCUT2D eigenvalue weighted by Gasteiger charge is 2.49. The van der Waals surface area contributed by atoms with Crippen LogP contribution in [-0.2, 0) is 14.3 Å². The van der Waals surface area contributed by atoms with Gasteiger partial charge in [0.1, 0.15) is 5.78 Å². The maximum Gasteiger partial charge on any atom is 0.336 e. The minimum atomic E-state index is -0.767. The van der Waals surface area contributed by atoms with E-state index in [1.165, 1.54) is 6.07 Å². The summed E-state index contributed by atoms with van der Waals surface area (Å²) in [6, 6.07) is 6.27. The molecule has 0 radical (unpaired) electrons. The molecule has 0 aromatic heterocycles. The fraction of sp³-hybridized carbons (Fsp3) is 0.476. The van der Waals surface area contributed by atoms with Crippen molar-refractivity contribution in [3.63, 3.8) is 0 Å². The van der Waals surface area contributed by atoms with Crippen LogP contribution in [0, 0.1) is 21.4 Å². The third kappa shape index (κ3) is 3.48. The molecule has 1 aromatic carbocycles. The number of nitro groups is 1. The molecule has 1 saturated carbocycles. The average molecular weight is 384 g/mol. The Balaban J connectivity index is 2.24. The van der Waals surface area contributed by atoms with Crippen molar-refractivity contribution < 1.29 is 19.2 Å². The Morgan fingerprint density at radius 1 is 1.29 bits per heavy atom. The summed E-state index contributed by atoms with van der Waals surface area (Å²) in [5.41, 5.74) is 1.38. The third-order valence-corrected chi connectivity index (χ3v) is 5.33. The summed E-state index contributed by atoms with van der Waals surface area (Å²) in [6.07, 6.45) is 0.941. The second-order valence-corrected chi connectivity index (χ2v) is 8.08. The van der Waals surface area contributed by atoms with Gasteiger partial charge in [0.05, 0.1) is 23.0 Å². The number of benzene rings is 1. The lowest BCUT2D eigenvalue weighted by molar-refractivity contribution is -0.385. The summed E-state index contributed by atoms with van der Waals surface area (Å²) in [6.45, 7) is 7.57. The SMILES string of the molecule is CCOC(=O)C1=C(C)N=C2CC(C)(C)CC(=O)[C@H]2[C@H]1c1ccccc1[N+](=O)[O-]. The van der Waals surface area contributed by atoms with E-state index in [9.17, 15) is 19.7 Å². The molecule has 2 atom stereocenters. The number of nitro benzene ring substituents is 1. The predicted molar refractivity (Wildman–Crippen MR) is 104 cm³/mol. The van der Waals surface area contributed by atoms with Crippen LogP contribution in [0.25, 0.3) is 0 Å². The van der Waals surface area contributed by atoms with Crippen molar-refractivity contribution in [1.29, 1.82) is 0 Å². The highest BCUT2D eigenvalue weighted by atomic mass is 16.6. The van der Waals surface area contributed by atoms with Crippen molar-refractivity contribution in [1.82, 2.24) is 0 Å². The molecule has 1 fully saturated rings. The first-order valence-electron chi connectivity index (χ1n) is 9.37. The molecule has 0 saturated heterocycles. The van der Waals surface area contributed by atoms with Crippen LogP contribution in [0.15, 0.2) is 40.5 Å². The maximum atomic E-state index is 13.1. The van der Waals surface area contributed by atoms with E-state index < -0.39 is 22.7 Å². The lowest BCUT2D eigenvalue weighted by Crippen LogP contribution is -2.44. The van der Waals surface area contributed by atoms with Crippen molar-refractivity contribution in [3.8, 4) is 0 Å². The molecule has 0 N–H and O–H groups in total. The molecule has 1 aliphatic heterocycles. The van der Waals surface area contributed by atoms with Crippen LogP contribution in [0.3, 0.4) is 0 Å². The zero-order valence-corrected chi connectivity index (χ0v) is 16.5. The van der Waals surface area contributed by atoms with E-state index in [-0.39, 0.29) is 29.1 Å². The molecule has 0 spiro atoms. The fourth-order valence-electron chi connectivity index (χ4n) is 4.32. The van der Waals surface area contributed by atoms with Crippen LogP contribution < -0.4 is 0 Å². The second kappa shape index (κ2) is 7.30. The molecular weight excluding hydrogens is 360 g/mol. The number of para-hydroxylation sites is 1. The van der Waals surface area contributed by atoms with Crippen LogP contribution in [0.4, 0.5) is 5.69 Å². The molecule has 148 valence electrons. The molecule has 2 aliphatic rings. The Morgan fingerprint density at radius 3 is 2.61 bits per heavy atom. The Hall–Kier alpha value is -2.83. The van der Waals surface area contributed by atoms with E-state index in [0.29, 0.717) is 29.8 Å². The largest absolute Gasteiger partial charge is 0.463 e. The van der Waals surface area contributed by atoms with Gasteiger partial charge in [-0.2, -0.15) is 0 Å². The number of Topliss-reactive ketones (excluding diaryl/α,β-unsaturated/α-hetero) is 1. The quantitative estimate of drug-likeness (QED) is 0.444. The third-order valence-electron chi connectivity index (χ3n) is 5.33. The molecule has 0 unspecified atom stereocenters. The Kier molecular flexibility index (Phi) is 5.19. The number of carbonyl (C=O) groups is 2. The minimum absolute atomic E-state index is 0.0487. The molecular formula is C21H24N2O5. The molecule has 7 nitrogen and oxygen atoms in total. The number of aliphatic imine (C=N–C) groups is 1. The molecule has 0 amide bonds. The summed E-state index contributed by atoms with van der Waals surface area (Å²) in [5.74, 6) is -2.08. The maximum absolute atomic E-state index is 13.1. The van der Waals surface area contributed by atoms with E-state index in [1.54, 1.807) is 32.0 Å². The van der Waals surface area contributed by atoms with Gasteiger partial charge in [-0.15, -0.1) is 0 Å². The van der Waals surface area contributed by atoms with E-state index >= 15 is 0 Å². The highest BCUT2D eigenvalue weighted by Crippen LogP contribution is 2.48. The first kappa shape index (κ1) is 19.9. The first-order valence-corrected chi connectivity index (χ1v) is 9.37. The predicted octanol–water partition coefficient (Wildman–Crippen LogP) is 3.98. The van der Waals surface area contributed by atoms with E-state index in [2.05, 4.69) is 4.99 Å². The van der Waals surface area contributed by atoms with Crippen molar-refractivity contribution in [2.45, 2.75) is 46.5 Å². The van der Waals surface area contributed by atoms with Crippen LogP contribution in [0.5, 0.6) is 0 Å². The van der Waals surface area contributed by atoms with Crippen LogP contribution in [-0.4, -0.2) is 29.0 Å². The summed E-state index contributed by atoms with van der Waals surface area (Å²) in [4.78, 5) is 41.6. The molecule has 3 rings (SSSR count). The van der Waals surface area contributed by atoms with Gasteiger partial charge in [0.25, 0.3) is 5.69 Å². The topological polar surface area (TPSA) is 98.9 Å². The zero-order valence-electron chi connectivity index (χ0n) is 16.5.